The van der Waals surface area contributed by atoms with Crippen LogP contribution in [0.5, 0.6) is 0 Å². The maximum absolute atomic E-state index is 12.2. The molecule has 1 rings (SSSR count). The Balaban J connectivity index is 3.25. The van der Waals surface area contributed by atoms with E-state index in [2.05, 4.69) is 20.9 Å². The third kappa shape index (κ3) is 3.32. The van der Waals surface area contributed by atoms with Crippen molar-refractivity contribution < 1.29 is 31.4 Å². The van der Waals surface area contributed by atoms with E-state index in [4.69, 9.17) is 5.11 Å². The molecule has 1 atom stereocenters. The quantitative estimate of drug-likeness (QED) is 0.803. The molecule has 9 heteroatoms. The van der Waals surface area contributed by atoms with Crippen LogP contribution in [0, 0.1) is 0 Å². The van der Waals surface area contributed by atoms with Gasteiger partial charge in [0.1, 0.15) is 5.69 Å². The number of hydrogen-bond acceptors (Lipinski definition) is 2. The first-order valence-corrected chi connectivity index (χ1v) is 4.80. The molecular weight excluding hydrogens is 320 g/mol. The molecule has 0 saturated carbocycles. The highest BCUT2D eigenvalue weighted by atomic mass is 79.9. The van der Waals surface area contributed by atoms with Crippen LogP contribution in [0.2, 0.25) is 0 Å². The van der Waals surface area contributed by atoms with Crippen molar-refractivity contribution in [3.8, 4) is 0 Å². The molecule has 0 aromatic carbocycles. The molecule has 2 nitrogen and oxygen atoms in total. The number of aromatic nitrogens is 1. The van der Waals surface area contributed by atoms with Gasteiger partial charge in [0.25, 0.3) is 0 Å². The molecule has 1 N–H and O–H groups in total. The largest absolute Gasteiger partial charge is 0.433 e. The predicted octanol–water partition coefficient (Wildman–Crippen LogP) is 3.46. The van der Waals surface area contributed by atoms with Crippen LogP contribution in [0.3, 0.4) is 0 Å². The molecule has 0 radical (unpaired) electrons. The first-order valence-electron chi connectivity index (χ1n) is 4.01. The second-order valence-corrected chi connectivity index (χ2v) is 3.89. The minimum Gasteiger partial charge on any atom is -0.379 e. The molecule has 96 valence electrons. The molecule has 0 saturated heterocycles. The van der Waals surface area contributed by atoms with Crippen LogP contribution < -0.4 is 0 Å². The van der Waals surface area contributed by atoms with Crippen molar-refractivity contribution in [2.75, 3.05) is 0 Å². The summed E-state index contributed by atoms with van der Waals surface area (Å²) in [4.78, 5) is 2.92. The molecular formula is C8H4BrF6NO. The van der Waals surface area contributed by atoms with Crippen molar-refractivity contribution in [2.45, 2.75) is 18.5 Å². The number of hydrogen-bond donors (Lipinski definition) is 1. The van der Waals surface area contributed by atoms with Gasteiger partial charge in [-0.2, -0.15) is 26.3 Å². The van der Waals surface area contributed by atoms with E-state index in [0.717, 1.165) is 0 Å². The topological polar surface area (TPSA) is 33.1 Å². The van der Waals surface area contributed by atoms with E-state index in [9.17, 15) is 26.3 Å². The second-order valence-electron chi connectivity index (χ2n) is 3.03. The van der Waals surface area contributed by atoms with E-state index in [0.29, 0.717) is 6.20 Å². The lowest BCUT2D eigenvalue weighted by atomic mass is 10.1. The minimum absolute atomic E-state index is 0.155. The molecule has 0 fully saturated rings. The van der Waals surface area contributed by atoms with Gasteiger partial charge in [0, 0.05) is 16.2 Å². The molecule has 0 bridgehead atoms. The summed E-state index contributed by atoms with van der Waals surface area (Å²) in [6, 6.07) is 0.155. The highest BCUT2D eigenvalue weighted by Gasteiger charge is 2.42. The van der Waals surface area contributed by atoms with Crippen molar-refractivity contribution in [3.63, 3.8) is 0 Å². The monoisotopic (exact) mass is 323 g/mol. The van der Waals surface area contributed by atoms with Gasteiger partial charge in [-0.25, -0.2) is 0 Å². The van der Waals surface area contributed by atoms with Gasteiger partial charge in [0.15, 0.2) is 6.10 Å². The summed E-state index contributed by atoms with van der Waals surface area (Å²) in [5.41, 5.74) is -2.43. The Bertz CT molecular complexity index is 415. The van der Waals surface area contributed by atoms with Gasteiger partial charge < -0.3 is 5.11 Å². The van der Waals surface area contributed by atoms with E-state index in [1.807, 2.05) is 0 Å². The minimum atomic E-state index is -5.05. The Morgan fingerprint density at radius 2 is 1.71 bits per heavy atom. The first-order chi connectivity index (χ1) is 7.53. The summed E-state index contributed by atoms with van der Waals surface area (Å²) in [6.07, 6.45) is -12.4. The van der Waals surface area contributed by atoms with Crippen LogP contribution in [0.15, 0.2) is 16.7 Å². The fraction of sp³-hybridized carbons (Fsp3) is 0.375. The molecule has 0 aliphatic heterocycles. The van der Waals surface area contributed by atoms with Crippen molar-refractivity contribution in [1.82, 2.24) is 4.98 Å². The Labute approximate surface area is 99.4 Å². The number of pyridine rings is 1. The number of rotatable bonds is 1. The number of aliphatic hydroxyl groups is 1. The van der Waals surface area contributed by atoms with Crippen molar-refractivity contribution >= 4 is 15.9 Å². The van der Waals surface area contributed by atoms with E-state index >= 15 is 0 Å². The zero-order valence-corrected chi connectivity index (χ0v) is 9.36. The van der Waals surface area contributed by atoms with Crippen molar-refractivity contribution in [1.29, 1.82) is 0 Å². The van der Waals surface area contributed by atoms with Crippen LogP contribution in [-0.4, -0.2) is 16.3 Å². The maximum Gasteiger partial charge on any atom is 0.433 e. The van der Waals surface area contributed by atoms with E-state index in [1.165, 1.54) is 0 Å². The highest BCUT2D eigenvalue weighted by Crippen LogP contribution is 2.38. The molecule has 0 spiro atoms. The molecule has 0 unspecified atom stereocenters. The van der Waals surface area contributed by atoms with Gasteiger partial charge in [-0.3, -0.25) is 4.98 Å². The zero-order valence-electron chi connectivity index (χ0n) is 7.77. The van der Waals surface area contributed by atoms with Gasteiger partial charge in [0.05, 0.1) is 0 Å². The summed E-state index contributed by atoms with van der Waals surface area (Å²) < 4.78 is 72.8. The molecule has 1 heterocycles. The van der Waals surface area contributed by atoms with Gasteiger partial charge in [-0.1, -0.05) is 0 Å². The average Bonchev–Trinajstić information content (AvgIpc) is 2.14. The van der Waals surface area contributed by atoms with Gasteiger partial charge in [0.2, 0.25) is 0 Å². The number of nitrogens with zero attached hydrogens (tertiary/aromatic N) is 1. The Morgan fingerprint density at radius 3 is 2.12 bits per heavy atom. The summed E-state index contributed by atoms with van der Waals surface area (Å²) in [5.74, 6) is 0. The maximum atomic E-state index is 12.2. The third-order valence-electron chi connectivity index (χ3n) is 1.78. The smallest absolute Gasteiger partial charge is 0.379 e. The fourth-order valence-corrected chi connectivity index (χ4v) is 1.43. The molecule has 0 amide bonds. The average molecular weight is 324 g/mol. The Morgan fingerprint density at radius 1 is 1.18 bits per heavy atom. The lowest BCUT2D eigenvalue weighted by Crippen LogP contribution is -2.21. The summed E-state index contributed by atoms with van der Waals surface area (Å²) in [5, 5.41) is 8.88. The molecule has 0 aliphatic carbocycles. The predicted molar refractivity (Wildman–Crippen MR) is 48.0 cm³/mol. The Kier molecular flexibility index (Phi) is 3.72. The van der Waals surface area contributed by atoms with Gasteiger partial charge >= 0.3 is 12.4 Å². The lowest BCUT2D eigenvalue weighted by Gasteiger charge is -2.17. The normalized spacial score (nSPS) is 14.8. The number of aliphatic hydroxyl groups excluding tert-OH is 1. The van der Waals surface area contributed by atoms with Crippen LogP contribution in [0.25, 0.3) is 0 Å². The van der Waals surface area contributed by atoms with E-state index in [-0.39, 0.29) is 10.5 Å². The number of halogens is 7. The van der Waals surface area contributed by atoms with Crippen LogP contribution in [0.4, 0.5) is 26.3 Å². The van der Waals surface area contributed by atoms with E-state index in [1.54, 1.807) is 0 Å². The summed E-state index contributed by atoms with van der Waals surface area (Å²) in [6.45, 7) is 0. The van der Waals surface area contributed by atoms with Crippen molar-refractivity contribution in [3.05, 3.63) is 28.0 Å². The summed E-state index contributed by atoms with van der Waals surface area (Å²) in [7, 11) is 0. The molecule has 1 aromatic rings. The van der Waals surface area contributed by atoms with Crippen LogP contribution >= 0.6 is 15.9 Å². The standard InChI is InChI=1S/C8H4BrF6NO/c9-4-2-16-5(7(10,11)12)1-3(4)6(17)8(13,14)15/h1-2,6,17H/t6-/m1/s1. The Hall–Kier alpha value is -0.830. The van der Waals surface area contributed by atoms with Crippen molar-refractivity contribution in [2.24, 2.45) is 0 Å². The fourth-order valence-electron chi connectivity index (χ4n) is 0.995. The number of alkyl halides is 6. The highest BCUT2D eigenvalue weighted by molar-refractivity contribution is 9.10. The second kappa shape index (κ2) is 4.45. The third-order valence-corrected chi connectivity index (χ3v) is 2.44. The molecule has 1 aromatic heterocycles. The van der Waals surface area contributed by atoms with Crippen LogP contribution in [-0.2, 0) is 6.18 Å². The summed E-state index contributed by atoms with van der Waals surface area (Å²) >= 11 is 2.60. The molecule has 17 heavy (non-hydrogen) atoms. The SMILES string of the molecule is O[C@H](c1cc(C(F)(F)F)ncc1Br)C(F)(F)F. The van der Waals surface area contributed by atoms with E-state index < -0.39 is 29.7 Å². The van der Waals surface area contributed by atoms with Gasteiger partial charge in [-0.15, -0.1) is 0 Å². The first kappa shape index (κ1) is 14.2. The molecule has 0 aliphatic rings. The lowest BCUT2D eigenvalue weighted by molar-refractivity contribution is -0.207. The van der Waals surface area contributed by atoms with Gasteiger partial charge in [-0.05, 0) is 22.0 Å². The zero-order chi connectivity index (χ0) is 13.4. The van der Waals surface area contributed by atoms with Crippen LogP contribution in [0.1, 0.15) is 17.4 Å².